The molecule has 4 rings (SSSR count). The number of hydrogen-bond donors (Lipinski definition) is 3. The molecule has 1 saturated heterocycles. The number of anilines is 4. The Morgan fingerprint density at radius 2 is 1.55 bits per heavy atom. The van der Waals surface area contributed by atoms with Crippen LogP contribution in [0.1, 0.15) is 51.7 Å². The summed E-state index contributed by atoms with van der Waals surface area (Å²) in [6.45, 7) is 7.40. The number of piperidine rings is 1. The van der Waals surface area contributed by atoms with Gasteiger partial charge in [0.25, 0.3) is 0 Å². The van der Waals surface area contributed by atoms with Crippen molar-refractivity contribution in [2.75, 3.05) is 10.6 Å². The van der Waals surface area contributed by atoms with Crippen molar-refractivity contribution in [3.05, 3.63) is 58.7 Å². The Labute approximate surface area is 294 Å². The van der Waals surface area contributed by atoms with Crippen LogP contribution in [0.25, 0.3) is 0 Å². The molecule has 1 aromatic heterocycles. The highest BCUT2D eigenvalue weighted by atomic mass is 35.5. The van der Waals surface area contributed by atoms with E-state index in [1.165, 1.54) is 17.3 Å². The van der Waals surface area contributed by atoms with Gasteiger partial charge in [0.05, 0.1) is 56.8 Å². The first kappa shape index (κ1) is 37.5. The number of aromatic nitrogens is 2. The van der Waals surface area contributed by atoms with Gasteiger partial charge < -0.3 is 20.7 Å². The molecule has 0 spiro atoms. The second kappa shape index (κ2) is 12.9. The smallest absolute Gasteiger partial charge is 0.229 e. The zero-order valence-corrected chi connectivity index (χ0v) is 32.0. The Hall–Kier alpha value is -2.30. The van der Waals surface area contributed by atoms with Crippen LogP contribution in [-0.2, 0) is 20.3 Å². The van der Waals surface area contributed by atoms with Crippen LogP contribution in [0.5, 0.6) is 5.75 Å². The lowest BCUT2D eigenvalue weighted by atomic mass is 9.35. The average molecular weight is 665 g/mol. The van der Waals surface area contributed by atoms with Crippen LogP contribution in [0.4, 0.5) is 23.1 Å². The molecule has 0 atom stereocenters. The summed E-state index contributed by atoms with van der Waals surface area (Å²) in [5.41, 5.74) is 3.16. The fourth-order valence-corrected chi connectivity index (χ4v) is 8.59. The number of nitrogens with one attached hydrogen (secondary N) is 3. The van der Waals surface area contributed by atoms with Crippen molar-refractivity contribution in [3.8, 4) is 5.75 Å². The first-order chi connectivity index (χ1) is 21.3. The van der Waals surface area contributed by atoms with Gasteiger partial charge in [-0.15, -0.1) is 0 Å². The largest absolute Gasteiger partial charge is 0.495 e. The van der Waals surface area contributed by atoms with Crippen molar-refractivity contribution in [1.29, 1.82) is 0 Å². The van der Waals surface area contributed by atoms with Crippen LogP contribution in [0.2, 0.25) is 5.02 Å². The summed E-state index contributed by atoms with van der Waals surface area (Å²) in [5.74, 6) is 1.29. The summed E-state index contributed by atoms with van der Waals surface area (Å²) in [6.07, 6.45) is 3.44. The summed E-state index contributed by atoms with van der Waals surface area (Å²) in [6, 6.07) is 11.2. The Balaban J connectivity index is 1.84. The molecule has 240 valence electrons. The van der Waals surface area contributed by atoms with Crippen LogP contribution in [-0.4, -0.2) is 110 Å². The highest BCUT2D eigenvalue weighted by Gasteiger charge is 2.46. The molecule has 0 bridgehead atoms. The third kappa shape index (κ3) is 8.84. The maximum absolute atomic E-state index is 13.1. The van der Waals surface area contributed by atoms with Gasteiger partial charge >= 0.3 is 0 Å². The van der Waals surface area contributed by atoms with E-state index in [1.54, 1.807) is 38.1 Å². The van der Waals surface area contributed by atoms with E-state index in [-0.39, 0.29) is 36.8 Å². The summed E-state index contributed by atoms with van der Waals surface area (Å²) >= 11 is 6.56. The second-order valence-corrected chi connectivity index (χ2v) is 19.8. The molecular formula is C28H45B9ClN5O3S. The van der Waals surface area contributed by atoms with Crippen LogP contribution in [0, 0.1) is 0 Å². The van der Waals surface area contributed by atoms with E-state index in [1.807, 2.05) is 21.7 Å². The highest BCUT2D eigenvalue weighted by Crippen LogP contribution is 2.46. The van der Waals surface area contributed by atoms with Crippen molar-refractivity contribution in [2.45, 2.75) is 77.3 Å². The van der Waals surface area contributed by atoms with E-state index in [2.05, 4.69) is 95.8 Å². The fraction of sp³-hybridized carbons (Fsp3) is 0.429. The maximum atomic E-state index is 13.1. The van der Waals surface area contributed by atoms with Crippen molar-refractivity contribution in [2.24, 2.45) is 0 Å². The first-order valence-electron chi connectivity index (χ1n) is 16.4. The molecule has 0 aliphatic carbocycles. The molecule has 0 amide bonds. The number of ether oxygens (including phenoxy) is 1. The molecular weight excluding hydrogens is 619 g/mol. The Morgan fingerprint density at radius 1 is 0.957 bits per heavy atom. The van der Waals surface area contributed by atoms with Crippen molar-refractivity contribution >= 4 is 115 Å². The van der Waals surface area contributed by atoms with Gasteiger partial charge in [-0.3, -0.25) is 0 Å². The molecule has 19 heteroatoms. The van der Waals surface area contributed by atoms with Gasteiger partial charge in [-0.1, -0.05) is 34.4 Å². The normalized spacial score (nSPS) is 17.6. The van der Waals surface area contributed by atoms with Crippen molar-refractivity contribution in [1.82, 2.24) is 15.3 Å². The number of halogens is 1. The van der Waals surface area contributed by atoms with E-state index in [0.717, 1.165) is 18.5 Å². The van der Waals surface area contributed by atoms with Crippen LogP contribution in [0.15, 0.2) is 47.5 Å². The topological polar surface area (TPSA) is 105 Å². The minimum Gasteiger partial charge on any atom is -0.495 e. The molecule has 1 fully saturated rings. The molecule has 2 heterocycles. The van der Waals surface area contributed by atoms with E-state index >= 15 is 0 Å². The second-order valence-electron chi connectivity index (χ2n) is 16.9. The quantitative estimate of drug-likeness (QED) is 0.193. The van der Waals surface area contributed by atoms with Crippen molar-refractivity contribution in [3.63, 3.8) is 0 Å². The molecule has 47 heavy (non-hydrogen) atoms. The number of rotatable bonds is 10. The van der Waals surface area contributed by atoms with E-state index in [4.69, 9.17) is 21.3 Å². The highest BCUT2D eigenvalue weighted by molar-refractivity contribution is 7.92. The van der Waals surface area contributed by atoms with Crippen molar-refractivity contribution < 1.29 is 13.2 Å². The molecule has 0 unspecified atom stereocenters. The monoisotopic (exact) mass is 665 g/mol. The lowest BCUT2D eigenvalue weighted by Crippen LogP contribution is -2.69. The fourth-order valence-electron chi connectivity index (χ4n) is 7.25. The number of benzene rings is 2. The van der Waals surface area contributed by atoms with Gasteiger partial charge in [0.1, 0.15) is 50.0 Å². The Morgan fingerprint density at radius 3 is 2.11 bits per heavy atom. The predicted molar refractivity (Wildman–Crippen MR) is 222 cm³/mol. The molecule has 0 saturated carbocycles. The maximum Gasteiger partial charge on any atom is 0.229 e. The number of para-hydroxylation sites is 1. The standard InChI is InChI=1S/C28H45B9ClN5O3S/c1-14(2)47(44,45)21-8-6-5-7-18(21)40-22-17(38)11-39-23(42-22)41-19-9-16(28(35,36)37)15(10-20(19)46-24(3,4)29)25(30)12-26(31,32)43-27(33,34)13-25/h5-11,14,43H,12-13,29-37H2,1-4H3,(H2,39,40,41,42). The van der Waals surface area contributed by atoms with Gasteiger partial charge in [-0.05, 0) is 86.4 Å². The van der Waals surface area contributed by atoms with E-state index < -0.39 is 20.6 Å². The van der Waals surface area contributed by atoms with Crippen LogP contribution in [0.3, 0.4) is 0 Å². The molecule has 2 aromatic carbocycles. The minimum atomic E-state index is -3.56. The molecule has 8 nitrogen and oxygen atoms in total. The average Bonchev–Trinajstić information content (AvgIpc) is 2.88. The van der Waals surface area contributed by atoms with E-state index in [9.17, 15) is 8.42 Å². The SMILES string of the molecule is BC1(B)CC(B)(c2cc(OC(B)(C)C)c(Nc3ncc(Cl)c(Nc4ccccc4S(=O)(=O)C(C)C)n3)cc2C(B)(B)B)CC(B)(B)N1. The number of nitrogens with zero attached hydrogens (tertiary/aromatic N) is 2. The number of hydrogen-bond acceptors (Lipinski definition) is 8. The van der Waals surface area contributed by atoms with Crippen LogP contribution < -0.4 is 20.7 Å². The molecule has 3 aromatic rings. The van der Waals surface area contributed by atoms with Gasteiger partial charge in [0.15, 0.2) is 23.5 Å². The van der Waals surface area contributed by atoms with Gasteiger partial charge in [-0.2, -0.15) is 4.98 Å². The molecule has 1 aliphatic rings. The zero-order chi connectivity index (χ0) is 35.4. The Kier molecular flexibility index (Phi) is 10.3. The Bertz CT molecular complexity index is 1750. The molecule has 0 radical (unpaired) electrons. The van der Waals surface area contributed by atoms with E-state index in [0.29, 0.717) is 17.4 Å². The number of sulfone groups is 1. The van der Waals surface area contributed by atoms with Gasteiger partial charge in [0, 0.05) is 0 Å². The lowest BCUT2D eigenvalue weighted by Gasteiger charge is -2.54. The molecule has 3 N–H and O–H groups in total. The molecule has 1 aliphatic heterocycles. The summed E-state index contributed by atoms with van der Waals surface area (Å²) in [7, 11) is 16.7. The summed E-state index contributed by atoms with van der Waals surface area (Å²) in [5, 5.41) is 9.69. The first-order valence-corrected chi connectivity index (χ1v) is 18.3. The minimum absolute atomic E-state index is 0.0543. The third-order valence-electron chi connectivity index (χ3n) is 8.39. The lowest BCUT2D eigenvalue weighted by molar-refractivity contribution is 0.198. The predicted octanol–water partition coefficient (Wildman–Crippen LogP) is -3.39. The third-order valence-corrected chi connectivity index (χ3v) is 10.9. The van der Waals surface area contributed by atoms with Crippen LogP contribution >= 0.6 is 11.6 Å². The summed E-state index contributed by atoms with van der Waals surface area (Å²) < 4.78 is 32.8. The van der Waals surface area contributed by atoms with Gasteiger partial charge in [0.2, 0.25) is 5.95 Å². The van der Waals surface area contributed by atoms with Gasteiger partial charge in [-0.25, -0.2) is 13.4 Å². The zero-order valence-electron chi connectivity index (χ0n) is 30.4. The summed E-state index contributed by atoms with van der Waals surface area (Å²) in [4.78, 5) is 9.38.